The third-order valence-corrected chi connectivity index (χ3v) is 4.04. The molecule has 0 unspecified atom stereocenters. The summed E-state index contributed by atoms with van der Waals surface area (Å²) >= 11 is 5.82. The smallest absolute Gasteiger partial charge is 0.258 e. The molecule has 0 saturated carbocycles. The minimum absolute atomic E-state index is 0.183. The van der Waals surface area contributed by atoms with Crippen molar-refractivity contribution in [3.63, 3.8) is 0 Å². The first-order valence-electron chi connectivity index (χ1n) is 7.93. The Hall–Kier alpha value is -2.86. The summed E-state index contributed by atoms with van der Waals surface area (Å²) in [5.41, 5.74) is 0.596. The normalized spacial score (nSPS) is 11.8. The van der Waals surface area contributed by atoms with Crippen LogP contribution in [-0.2, 0) is 11.8 Å². The lowest BCUT2D eigenvalue weighted by Gasteiger charge is -2.19. The van der Waals surface area contributed by atoms with Crippen molar-refractivity contribution in [1.29, 1.82) is 0 Å². The molecule has 1 heterocycles. The maximum Gasteiger partial charge on any atom is 0.258 e. The van der Waals surface area contributed by atoms with Gasteiger partial charge in [0.2, 0.25) is 0 Å². The summed E-state index contributed by atoms with van der Waals surface area (Å²) in [7, 11) is 1.81. The van der Waals surface area contributed by atoms with Gasteiger partial charge in [-0.2, -0.15) is 0 Å². The number of nitrogens with one attached hydrogen (secondary N) is 1. The highest BCUT2D eigenvalue weighted by molar-refractivity contribution is 6.30. The van der Waals surface area contributed by atoms with Gasteiger partial charge in [0.25, 0.3) is 5.91 Å². The Bertz CT molecular complexity index is 896. The number of aromatic nitrogens is 2. The second kappa shape index (κ2) is 8.01. The third-order valence-electron chi connectivity index (χ3n) is 3.79. The number of hydrogen-bond donors (Lipinski definition) is 1. The molecule has 5 nitrogen and oxygen atoms in total. The lowest BCUT2D eigenvalue weighted by molar-refractivity contribution is -0.123. The van der Waals surface area contributed by atoms with Gasteiger partial charge in [0, 0.05) is 24.5 Å². The zero-order chi connectivity index (χ0) is 18.5. The van der Waals surface area contributed by atoms with Crippen molar-refractivity contribution in [2.75, 3.05) is 6.61 Å². The van der Waals surface area contributed by atoms with Gasteiger partial charge in [0.15, 0.2) is 6.61 Å². The van der Waals surface area contributed by atoms with Gasteiger partial charge in [-0.1, -0.05) is 23.7 Å². The number of carbonyl (C=O) groups excluding carboxylic acids is 1. The average Bonchev–Trinajstić information content (AvgIpc) is 3.05. The zero-order valence-electron chi connectivity index (χ0n) is 14.0. The number of benzene rings is 2. The molecule has 0 fully saturated rings. The van der Waals surface area contributed by atoms with Gasteiger partial charge in [0.1, 0.15) is 23.4 Å². The number of ether oxygens (including phenoxy) is 1. The van der Waals surface area contributed by atoms with Crippen molar-refractivity contribution in [2.24, 2.45) is 7.05 Å². The van der Waals surface area contributed by atoms with Crippen molar-refractivity contribution in [2.45, 2.75) is 6.04 Å². The van der Waals surface area contributed by atoms with Gasteiger partial charge in [0.05, 0.1) is 0 Å². The predicted molar refractivity (Wildman–Crippen MR) is 96.5 cm³/mol. The van der Waals surface area contributed by atoms with Crippen molar-refractivity contribution in [3.8, 4) is 5.75 Å². The topological polar surface area (TPSA) is 56.2 Å². The third kappa shape index (κ3) is 4.40. The molecule has 26 heavy (non-hydrogen) atoms. The minimum atomic E-state index is -0.591. The number of nitrogens with zero attached hydrogens (tertiary/aromatic N) is 2. The Labute approximate surface area is 155 Å². The first-order chi connectivity index (χ1) is 12.5. The Balaban J connectivity index is 1.74. The number of carbonyl (C=O) groups is 1. The number of aryl methyl sites for hydroxylation is 1. The summed E-state index contributed by atoms with van der Waals surface area (Å²) < 4.78 is 20.9. The van der Waals surface area contributed by atoms with Crippen molar-refractivity contribution in [1.82, 2.24) is 14.9 Å². The molecule has 0 spiro atoms. The molecule has 0 aliphatic heterocycles. The quantitative estimate of drug-likeness (QED) is 0.719. The largest absolute Gasteiger partial charge is 0.484 e. The van der Waals surface area contributed by atoms with Crippen LogP contribution in [-0.4, -0.2) is 22.1 Å². The maximum atomic E-state index is 13.6. The van der Waals surface area contributed by atoms with Crippen LogP contribution < -0.4 is 10.1 Å². The van der Waals surface area contributed by atoms with Crippen LogP contribution in [0.3, 0.4) is 0 Å². The standard InChI is InChI=1S/C19H17ClFN3O2/c1-24-10-9-22-19(24)18(13-3-2-4-15(21)11-13)23-17(25)12-26-16-7-5-14(20)6-8-16/h2-11,18H,12H2,1H3,(H,23,25)/t18-/m0/s1. The molecule has 134 valence electrons. The fourth-order valence-electron chi connectivity index (χ4n) is 2.52. The number of amides is 1. The monoisotopic (exact) mass is 373 g/mol. The van der Waals surface area contributed by atoms with E-state index in [0.29, 0.717) is 22.2 Å². The van der Waals surface area contributed by atoms with E-state index in [4.69, 9.17) is 16.3 Å². The molecule has 1 aromatic heterocycles. The van der Waals surface area contributed by atoms with Gasteiger partial charge in [-0.05, 0) is 42.0 Å². The van der Waals surface area contributed by atoms with Gasteiger partial charge >= 0.3 is 0 Å². The Morgan fingerprint density at radius 1 is 1.31 bits per heavy atom. The molecular weight excluding hydrogens is 357 g/mol. The van der Waals surface area contributed by atoms with E-state index in [9.17, 15) is 9.18 Å². The number of rotatable bonds is 6. The van der Waals surface area contributed by atoms with E-state index >= 15 is 0 Å². The van der Waals surface area contributed by atoms with E-state index in [0.717, 1.165) is 0 Å². The molecule has 2 aromatic carbocycles. The fraction of sp³-hybridized carbons (Fsp3) is 0.158. The van der Waals surface area contributed by atoms with Crippen LogP contribution >= 0.6 is 11.6 Å². The molecule has 1 atom stereocenters. The summed E-state index contributed by atoms with van der Waals surface area (Å²) in [6.07, 6.45) is 3.38. The van der Waals surface area contributed by atoms with E-state index in [1.807, 2.05) is 7.05 Å². The predicted octanol–water partition coefficient (Wildman–Crippen LogP) is 3.50. The molecule has 0 aliphatic carbocycles. The van der Waals surface area contributed by atoms with E-state index in [-0.39, 0.29) is 18.3 Å². The molecule has 0 saturated heterocycles. The maximum absolute atomic E-state index is 13.6. The average molecular weight is 374 g/mol. The second-order valence-electron chi connectivity index (χ2n) is 5.69. The van der Waals surface area contributed by atoms with Crippen LogP contribution in [0.2, 0.25) is 5.02 Å². The lowest BCUT2D eigenvalue weighted by atomic mass is 10.1. The summed E-state index contributed by atoms with van der Waals surface area (Å²) in [6.45, 7) is -0.183. The molecule has 0 radical (unpaired) electrons. The Morgan fingerprint density at radius 2 is 2.08 bits per heavy atom. The van der Waals surface area contributed by atoms with Crippen molar-refractivity contribution in [3.05, 3.63) is 83.2 Å². The zero-order valence-corrected chi connectivity index (χ0v) is 14.8. The highest BCUT2D eigenvalue weighted by Gasteiger charge is 2.21. The van der Waals surface area contributed by atoms with Crippen molar-refractivity contribution >= 4 is 17.5 Å². The lowest BCUT2D eigenvalue weighted by Crippen LogP contribution is -2.34. The van der Waals surface area contributed by atoms with Gasteiger partial charge < -0.3 is 14.6 Å². The number of halogens is 2. The van der Waals surface area contributed by atoms with Crippen LogP contribution in [0.15, 0.2) is 60.9 Å². The van der Waals surface area contributed by atoms with Crippen molar-refractivity contribution < 1.29 is 13.9 Å². The van der Waals surface area contributed by atoms with Crippen LogP contribution in [0.25, 0.3) is 0 Å². The van der Waals surface area contributed by atoms with E-state index in [1.165, 1.54) is 12.1 Å². The summed E-state index contributed by atoms with van der Waals surface area (Å²) in [5, 5.41) is 3.43. The molecule has 3 rings (SSSR count). The Kier molecular flexibility index (Phi) is 5.53. The first kappa shape index (κ1) is 17.9. The number of hydrogen-bond acceptors (Lipinski definition) is 3. The minimum Gasteiger partial charge on any atom is -0.484 e. The van der Waals surface area contributed by atoms with Gasteiger partial charge in [-0.15, -0.1) is 0 Å². The summed E-state index contributed by atoms with van der Waals surface area (Å²) in [4.78, 5) is 16.6. The fourth-order valence-corrected chi connectivity index (χ4v) is 2.65. The molecule has 0 bridgehead atoms. The van der Waals surface area contributed by atoms with Crippen LogP contribution in [0.4, 0.5) is 4.39 Å². The summed E-state index contributed by atoms with van der Waals surface area (Å²) in [5.74, 6) is 0.393. The molecule has 7 heteroatoms. The van der Waals surface area contributed by atoms with E-state index in [2.05, 4.69) is 10.3 Å². The van der Waals surface area contributed by atoms with Gasteiger partial charge in [-0.25, -0.2) is 9.37 Å². The summed E-state index contributed by atoms with van der Waals surface area (Å²) in [6, 6.07) is 12.2. The highest BCUT2D eigenvalue weighted by Crippen LogP contribution is 2.21. The molecule has 1 amide bonds. The van der Waals surface area contributed by atoms with E-state index < -0.39 is 6.04 Å². The number of imidazole rings is 1. The van der Waals surface area contributed by atoms with Crippen LogP contribution in [0, 0.1) is 5.82 Å². The molecular formula is C19H17ClFN3O2. The van der Waals surface area contributed by atoms with Crippen LogP contribution in [0.1, 0.15) is 17.4 Å². The molecule has 0 aliphatic rings. The first-order valence-corrected chi connectivity index (χ1v) is 8.31. The Morgan fingerprint density at radius 3 is 2.73 bits per heavy atom. The van der Waals surface area contributed by atoms with Crippen LogP contribution in [0.5, 0.6) is 5.75 Å². The molecule has 3 aromatic rings. The SMILES string of the molecule is Cn1ccnc1[C@@H](NC(=O)COc1ccc(Cl)cc1)c1cccc(F)c1. The van der Waals surface area contributed by atoms with Gasteiger partial charge in [-0.3, -0.25) is 4.79 Å². The second-order valence-corrected chi connectivity index (χ2v) is 6.13. The molecule has 1 N–H and O–H groups in total. The van der Waals surface area contributed by atoms with E-state index in [1.54, 1.807) is 53.4 Å². The highest BCUT2D eigenvalue weighted by atomic mass is 35.5.